The summed E-state index contributed by atoms with van der Waals surface area (Å²) < 4.78 is 0. The van der Waals surface area contributed by atoms with Crippen LogP contribution >= 0.6 is 0 Å². The number of Topliss-reactive ketones (excluding diaryl/α,β-unsaturated/α-hetero) is 1. The Labute approximate surface area is 54.2 Å². The summed E-state index contributed by atoms with van der Waals surface area (Å²) in [4.78, 5) is 10.6. The highest BCUT2D eigenvalue weighted by Gasteiger charge is 2.16. The van der Waals surface area contributed by atoms with E-state index >= 15 is 0 Å². The molecule has 1 atom stereocenters. The van der Waals surface area contributed by atoms with Crippen molar-refractivity contribution in [3.8, 4) is 0 Å². The Balaban J connectivity index is 2.69. The number of aliphatic hydroxyl groups is 1. The Hall–Kier alpha value is -0.630. The summed E-state index contributed by atoms with van der Waals surface area (Å²) >= 11 is 0. The Morgan fingerprint density at radius 2 is 2.33 bits per heavy atom. The van der Waals surface area contributed by atoms with Crippen LogP contribution in [0, 0.1) is 0 Å². The van der Waals surface area contributed by atoms with Gasteiger partial charge in [-0.3, -0.25) is 4.79 Å². The topological polar surface area (TPSA) is 37.3 Å². The van der Waals surface area contributed by atoms with Crippen molar-refractivity contribution in [1.29, 1.82) is 0 Å². The molecular weight excluding hydrogens is 116 g/mol. The van der Waals surface area contributed by atoms with Gasteiger partial charge in [0.15, 0.2) is 5.78 Å². The summed E-state index contributed by atoms with van der Waals surface area (Å²) in [7, 11) is 0. The quantitative estimate of drug-likeness (QED) is 0.484. The lowest BCUT2D eigenvalue weighted by molar-refractivity contribution is -0.125. The molecule has 0 aromatic carbocycles. The minimum atomic E-state index is -0.821. The fourth-order valence-electron chi connectivity index (χ4n) is 0.914. The highest BCUT2D eigenvalue weighted by molar-refractivity contribution is 5.86. The number of carbonyl (C=O) groups is 1. The fourth-order valence-corrected chi connectivity index (χ4v) is 0.914. The van der Waals surface area contributed by atoms with E-state index in [0.29, 0.717) is 6.42 Å². The molecule has 2 nitrogen and oxygen atoms in total. The molecule has 9 heavy (non-hydrogen) atoms. The average Bonchev–Trinajstić information content (AvgIpc) is 1.80. The van der Waals surface area contributed by atoms with E-state index in [1.54, 1.807) is 6.08 Å². The van der Waals surface area contributed by atoms with E-state index in [4.69, 9.17) is 5.11 Å². The summed E-state index contributed by atoms with van der Waals surface area (Å²) in [6.45, 7) is 1.93. The molecule has 0 amide bonds. The van der Waals surface area contributed by atoms with Gasteiger partial charge in [-0.2, -0.15) is 0 Å². The standard InChI is InChI=1S/C7H10O2/c1-5-2-3-6(8)7(9)4-5/h4,7,9H,2-3H2,1H3. The van der Waals surface area contributed by atoms with Gasteiger partial charge in [0.1, 0.15) is 6.10 Å². The van der Waals surface area contributed by atoms with E-state index in [9.17, 15) is 4.79 Å². The molecule has 1 N–H and O–H groups in total. The van der Waals surface area contributed by atoms with Crippen molar-refractivity contribution in [1.82, 2.24) is 0 Å². The third-order valence-corrected chi connectivity index (χ3v) is 1.54. The van der Waals surface area contributed by atoms with Crippen LogP contribution in [-0.4, -0.2) is 17.0 Å². The Bertz CT molecular complexity index is 158. The number of allylic oxidation sites excluding steroid dienone is 1. The van der Waals surface area contributed by atoms with Crippen molar-refractivity contribution in [2.45, 2.75) is 25.9 Å². The number of rotatable bonds is 0. The van der Waals surface area contributed by atoms with E-state index < -0.39 is 6.10 Å². The first-order valence-corrected chi connectivity index (χ1v) is 3.08. The zero-order valence-electron chi connectivity index (χ0n) is 5.42. The maximum atomic E-state index is 10.6. The van der Waals surface area contributed by atoms with Crippen molar-refractivity contribution in [2.24, 2.45) is 0 Å². The number of aliphatic hydroxyl groups excluding tert-OH is 1. The van der Waals surface area contributed by atoms with E-state index in [1.807, 2.05) is 6.92 Å². The molecule has 1 aliphatic rings. The molecule has 0 heterocycles. The molecule has 0 bridgehead atoms. The predicted octanol–water partition coefficient (Wildman–Crippen LogP) is 0.657. The third kappa shape index (κ3) is 1.39. The van der Waals surface area contributed by atoms with Gasteiger partial charge in [-0.05, 0) is 19.4 Å². The second-order valence-corrected chi connectivity index (χ2v) is 2.42. The van der Waals surface area contributed by atoms with Gasteiger partial charge in [-0.1, -0.05) is 5.57 Å². The maximum absolute atomic E-state index is 10.6. The highest BCUT2D eigenvalue weighted by Crippen LogP contribution is 2.13. The summed E-state index contributed by atoms with van der Waals surface area (Å²) in [5, 5.41) is 8.92. The number of hydrogen-bond acceptors (Lipinski definition) is 2. The molecule has 0 saturated heterocycles. The lowest BCUT2D eigenvalue weighted by atomic mass is 9.98. The molecule has 50 valence electrons. The SMILES string of the molecule is CC1=CC(O)C(=O)CC1. The minimum absolute atomic E-state index is 0.0550. The van der Waals surface area contributed by atoms with Crippen molar-refractivity contribution >= 4 is 5.78 Å². The van der Waals surface area contributed by atoms with E-state index in [1.165, 1.54) is 0 Å². The smallest absolute Gasteiger partial charge is 0.165 e. The van der Waals surface area contributed by atoms with Gasteiger partial charge in [0.2, 0.25) is 0 Å². The molecule has 0 aliphatic heterocycles. The van der Waals surface area contributed by atoms with Gasteiger partial charge in [0.05, 0.1) is 0 Å². The minimum Gasteiger partial charge on any atom is -0.381 e. The zero-order chi connectivity index (χ0) is 6.85. The average molecular weight is 126 g/mol. The van der Waals surface area contributed by atoms with Crippen LogP contribution in [-0.2, 0) is 4.79 Å². The zero-order valence-corrected chi connectivity index (χ0v) is 5.42. The molecule has 0 aromatic rings. The summed E-state index contributed by atoms with van der Waals surface area (Å²) in [6, 6.07) is 0. The van der Waals surface area contributed by atoms with E-state index in [-0.39, 0.29) is 5.78 Å². The number of hydrogen-bond donors (Lipinski definition) is 1. The maximum Gasteiger partial charge on any atom is 0.165 e. The van der Waals surface area contributed by atoms with E-state index in [0.717, 1.165) is 12.0 Å². The normalized spacial score (nSPS) is 28.0. The Morgan fingerprint density at radius 1 is 1.67 bits per heavy atom. The van der Waals surface area contributed by atoms with Crippen molar-refractivity contribution in [3.63, 3.8) is 0 Å². The molecule has 0 aromatic heterocycles. The summed E-state index contributed by atoms with van der Waals surface area (Å²) in [5.41, 5.74) is 1.11. The second-order valence-electron chi connectivity index (χ2n) is 2.42. The lowest BCUT2D eigenvalue weighted by Gasteiger charge is -2.11. The molecule has 0 fully saturated rings. The lowest BCUT2D eigenvalue weighted by Crippen LogP contribution is -2.21. The van der Waals surface area contributed by atoms with E-state index in [2.05, 4.69) is 0 Å². The second kappa shape index (κ2) is 2.31. The van der Waals surface area contributed by atoms with Crippen molar-refractivity contribution in [2.75, 3.05) is 0 Å². The summed E-state index contributed by atoms with van der Waals surface area (Å²) in [5.74, 6) is -0.0550. The van der Waals surface area contributed by atoms with Crippen molar-refractivity contribution < 1.29 is 9.90 Å². The monoisotopic (exact) mass is 126 g/mol. The number of carbonyl (C=O) groups excluding carboxylic acids is 1. The van der Waals surface area contributed by atoms with Gasteiger partial charge in [0.25, 0.3) is 0 Å². The van der Waals surface area contributed by atoms with Crippen LogP contribution in [0.15, 0.2) is 11.6 Å². The van der Waals surface area contributed by atoms with Crippen LogP contribution in [0.4, 0.5) is 0 Å². The highest BCUT2D eigenvalue weighted by atomic mass is 16.3. The fraction of sp³-hybridized carbons (Fsp3) is 0.571. The van der Waals surface area contributed by atoms with Gasteiger partial charge in [-0.25, -0.2) is 0 Å². The Kier molecular flexibility index (Phi) is 1.67. The predicted molar refractivity (Wildman–Crippen MR) is 34.0 cm³/mol. The van der Waals surface area contributed by atoms with Gasteiger partial charge in [0, 0.05) is 6.42 Å². The van der Waals surface area contributed by atoms with Crippen LogP contribution in [0.3, 0.4) is 0 Å². The molecule has 1 unspecified atom stereocenters. The first kappa shape index (κ1) is 6.49. The van der Waals surface area contributed by atoms with Crippen LogP contribution in [0.5, 0.6) is 0 Å². The largest absolute Gasteiger partial charge is 0.381 e. The van der Waals surface area contributed by atoms with Crippen LogP contribution in [0.25, 0.3) is 0 Å². The van der Waals surface area contributed by atoms with Crippen LogP contribution < -0.4 is 0 Å². The van der Waals surface area contributed by atoms with Gasteiger partial charge >= 0.3 is 0 Å². The molecule has 1 aliphatic carbocycles. The van der Waals surface area contributed by atoms with Crippen LogP contribution in [0.2, 0.25) is 0 Å². The molecule has 1 rings (SSSR count). The third-order valence-electron chi connectivity index (χ3n) is 1.54. The summed E-state index contributed by atoms with van der Waals surface area (Å²) in [6.07, 6.45) is 2.12. The molecular formula is C7H10O2. The molecule has 2 heteroatoms. The first-order chi connectivity index (χ1) is 4.20. The van der Waals surface area contributed by atoms with Gasteiger partial charge in [-0.15, -0.1) is 0 Å². The number of ketones is 1. The molecule has 0 radical (unpaired) electrons. The molecule has 0 saturated carbocycles. The molecule has 0 spiro atoms. The van der Waals surface area contributed by atoms with Crippen LogP contribution in [0.1, 0.15) is 19.8 Å². The van der Waals surface area contributed by atoms with Gasteiger partial charge < -0.3 is 5.11 Å². The Morgan fingerprint density at radius 3 is 2.78 bits per heavy atom. The first-order valence-electron chi connectivity index (χ1n) is 3.08. The van der Waals surface area contributed by atoms with Crippen molar-refractivity contribution in [3.05, 3.63) is 11.6 Å².